The van der Waals surface area contributed by atoms with Gasteiger partial charge in [0.05, 0.1) is 15.1 Å². The van der Waals surface area contributed by atoms with Crippen LogP contribution in [0.2, 0.25) is 0 Å². The SMILES string of the molecule is CN(C1CCCCC1)S(=O)(=O)c1cccc(C(=O)Nc2nc3ccccc3s2)c1. The molecule has 3 aromatic rings. The number of thiazole rings is 1. The fraction of sp³-hybridized carbons (Fsp3) is 0.333. The average molecular weight is 430 g/mol. The van der Waals surface area contributed by atoms with Crippen LogP contribution in [0.4, 0.5) is 5.13 Å². The lowest BCUT2D eigenvalue weighted by Crippen LogP contribution is -2.38. The zero-order chi connectivity index (χ0) is 20.4. The number of amides is 1. The highest BCUT2D eigenvalue weighted by molar-refractivity contribution is 7.89. The van der Waals surface area contributed by atoms with Gasteiger partial charge in [0, 0.05) is 18.7 Å². The van der Waals surface area contributed by atoms with Crippen molar-refractivity contribution in [2.24, 2.45) is 0 Å². The van der Waals surface area contributed by atoms with Crippen LogP contribution in [0.3, 0.4) is 0 Å². The first-order valence-electron chi connectivity index (χ1n) is 9.70. The van der Waals surface area contributed by atoms with Crippen LogP contribution < -0.4 is 5.32 Å². The first-order chi connectivity index (χ1) is 13.9. The van der Waals surface area contributed by atoms with Crippen molar-refractivity contribution in [2.75, 3.05) is 12.4 Å². The summed E-state index contributed by atoms with van der Waals surface area (Å²) in [5, 5.41) is 3.27. The average Bonchev–Trinajstić information content (AvgIpc) is 3.16. The van der Waals surface area contributed by atoms with E-state index in [1.807, 2.05) is 24.3 Å². The molecule has 1 heterocycles. The largest absolute Gasteiger partial charge is 0.298 e. The number of fused-ring (bicyclic) bond motifs is 1. The summed E-state index contributed by atoms with van der Waals surface area (Å²) in [5.74, 6) is -0.374. The maximum Gasteiger partial charge on any atom is 0.257 e. The van der Waals surface area contributed by atoms with Gasteiger partial charge in [0.15, 0.2) is 5.13 Å². The summed E-state index contributed by atoms with van der Waals surface area (Å²) < 4.78 is 28.6. The van der Waals surface area contributed by atoms with E-state index in [9.17, 15) is 13.2 Å². The Kier molecular flexibility index (Phi) is 5.67. The number of para-hydroxylation sites is 1. The molecule has 0 aliphatic heterocycles. The molecule has 1 saturated carbocycles. The maximum absolute atomic E-state index is 13.1. The van der Waals surface area contributed by atoms with E-state index < -0.39 is 10.0 Å². The molecule has 4 rings (SSSR count). The van der Waals surface area contributed by atoms with Crippen LogP contribution >= 0.6 is 11.3 Å². The Morgan fingerprint density at radius 3 is 2.62 bits per heavy atom. The number of aromatic nitrogens is 1. The number of carbonyl (C=O) groups is 1. The number of hydrogen-bond donors (Lipinski definition) is 1. The quantitative estimate of drug-likeness (QED) is 0.648. The van der Waals surface area contributed by atoms with Crippen LogP contribution in [0, 0.1) is 0 Å². The van der Waals surface area contributed by atoms with Crippen LogP contribution in [-0.4, -0.2) is 36.7 Å². The van der Waals surface area contributed by atoms with Crippen LogP contribution in [0.1, 0.15) is 42.5 Å². The number of nitrogens with one attached hydrogen (secondary N) is 1. The second kappa shape index (κ2) is 8.22. The van der Waals surface area contributed by atoms with E-state index in [0.29, 0.717) is 10.7 Å². The molecule has 1 amide bonds. The Bertz CT molecular complexity index is 1100. The summed E-state index contributed by atoms with van der Waals surface area (Å²) in [6.07, 6.45) is 5.02. The second-order valence-electron chi connectivity index (χ2n) is 7.28. The van der Waals surface area contributed by atoms with E-state index in [1.54, 1.807) is 25.2 Å². The number of carbonyl (C=O) groups excluding carboxylic acids is 1. The highest BCUT2D eigenvalue weighted by atomic mass is 32.2. The van der Waals surface area contributed by atoms with Crippen molar-refractivity contribution in [1.29, 1.82) is 0 Å². The van der Waals surface area contributed by atoms with Crippen LogP contribution in [-0.2, 0) is 10.0 Å². The van der Waals surface area contributed by atoms with Crippen LogP contribution in [0.5, 0.6) is 0 Å². The number of sulfonamides is 1. The second-order valence-corrected chi connectivity index (χ2v) is 10.3. The topological polar surface area (TPSA) is 79.4 Å². The molecule has 1 aromatic heterocycles. The summed E-state index contributed by atoms with van der Waals surface area (Å²) in [7, 11) is -2.01. The van der Waals surface area contributed by atoms with Crippen molar-refractivity contribution < 1.29 is 13.2 Å². The molecule has 1 fully saturated rings. The van der Waals surface area contributed by atoms with Crippen molar-refractivity contribution in [3.05, 3.63) is 54.1 Å². The molecule has 0 atom stereocenters. The smallest absolute Gasteiger partial charge is 0.257 e. The van der Waals surface area contributed by atoms with Crippen LogP contribution in [0.25, 0.3) is 10.2 Å². The van der Waals surface area contributed by atoms with Crippen molar-refractivity contribution >= 4 is 42.6 Å². The molecule has 1 aliphatic carbocycles. The first-order valence-corrected chi connectivity index (χ1v) is 12.0. The van der Waals surface area contributed by atoms with Gasteiger partial charge in [-0.25, -0.2) is 13.4 Å². The minimum absolute atomic E-state index is 0.0222. The van der Waals surface area contributed by atoms with Crippen molar-refractivity contribution in [3.8, 4) is 0 Å². The molecular weight excluding hydrogens is 406 g/mol. The minimum atomic E-state index is -3.65. The molecule has 0 bridgehead atoms. The van der Waals surface area contributed by atoms with Gasteiger partial charge < -0.3 is 0 Å². The lowest BCUT2D eigenvalue weighted by molar-refractivity contribution is 0.102. The molecule has 1 aliphatic rings. The van der Waals surface area contributed by atoms with Crippen molar-refractivity contribution in [1.82, 2.24) is 9.29 Å². The number of hydrogen-bond acceptors (Lipinski definition) is 5. The molecule has 0 spiro atoms. The standard InChI is InChI=1S/C21H23N3O3S2/c1-24(16-9-3-2-4-10-16)29(26,27)17-11-7-8-15(14-17)20(25)23-21-22-18-12-5-6-13-19(18)28-21/h5-8,11-14,16H,2-4,9-10H2,1H3,(H,22,23,25). The molecule has 8 heteroatoms. The summed E-state index contributed by atoms with van der Waals surface area (Å²) >= 11 is 1.38. The van der Waals surface area contributed by atoms with E-state index in [4.69, 9.17) is 0 Å². The molecule has 1 N–H and O–H groups in total. The molecular formula is C21H23N3O3S2. The summed E-state index contributed by atoms with van der Waals surface area (Å²) in [6.45, 7) is 0. The lowest BCUT2D eigenvalue weighted by atomic mass is 9.96. The van der Waals surface area contributed by atoms with Crippen molar-refractivity contribution in [3.63, 3.8) is 0 Å². The van der Waals surface area contributed by atoms with Crippen LogP contribution in [0.15, 0.2) is 53.4 Å². The predicted molar refractivity (Wildman–Crippen MR) is 116 cm³/mol. The molecule has 6 nitrogen and oxygen atoms in total. The van der Waals surface area contributed by atoms with Gasteiger partial charge in [-0.3, -0.25) is 10.1 Å². The molecule has 0 unspecified atom stereocenters. The summed E-state index contributed by atoms with van der Waals surface area (Å²) in [6, 6.07) is 13.9. The number of nitrogens with zero attached hydrogens (tertiary/aromatic N) is 2. The van der Waals surface area contributed by atoms with E-state index >= 15 is 0 Å². The summed E-state index contributed by atoms with van der Waals surface area (Å²) in [5.41, 5.74) is 1.11. The Morgan fingerprint density at radius 2 is 1.86 bits per heavy atom. The molecule has 0 radical (unpaired) electrons. The Labute approximate surface area is 174 Å². The molecule has 152 valence electrons. The van der Waals surface area contributed by atoms with Gasteiger partial charge in [0.1, 0.15) is 0 Å². The highest BCUT2D eigenvalue weighted by Gasteiger charge is 2.29. The van der Waals surface area contributed by atoms with Gasteiger partial charge in [0.25, 0.3) is 5.91 Å². The minimum Gasteiger partial charge on any atom is -0.298 e. The Morgan fingerprint density at radius 1 is 1.10 bits per heavy atom. The molecule has 29 heavy (non-hydrogen) atoms. The van der Waals surface area contributed by atoms with Gasteiger partial charge in [-0.05, 0) is 43.2 Å². The van der Waals surface area contributed by atoms with E-state index in [2.05, 4.69) is 10.3 Å². The van der Waals surface area contributed by atoms with Gasteiger partial charge in [-0.15, -0.1) is 0 Å². The van der Waals surface area contributed by atoms with Gasteiger partial charge in [-0.1, -0.05) is 48.8 Å². The van der Waals surface area contributed by atoms with E-state index in [0.717, 1.165) is 42.3 Å². The van der Waals surface area contributed by atoms with E-state index in [1.165, 1.54) is 21.7 Å². The van der Waals surface area contributed by atoms with E-state index in [-0.39, 0.29) is 16.8 Å². The predicted octanol–water partition coefficient (Wildman–Crippen LogP) is 4.50. The van der Waals surface area contributed by atoms with Gasteiger partial charge in [0.2, 0.25) is 10.0 Å². The third-order valence-corrected chi connectivity index (χ3v) is 8.23. The van der Waals surface area contributed by atoms with Crippen molar-refractivity contribution in [2.45, 2.75) is 43.0 Å². The zero-order valence-corrected chi connectivity index (χ0v) is 17.8. The van der Waals surface area contributed by atoms with Gasteiger partial charge >= 0.3 is 0 Å². The number of anilines is 1. The summed E-state index contributed by atoms with van der Waals surface area (Å²) in [4.78, 5) is 17.2. The third kappa shape index (κ3) is 4.19. The lowest BCUT2D eigenvalue weighted by Gasteiger charge is -2.30. The maximum atomic E-state index is 13.1. The Hall–Kier alpha value is -2.29. The monoisotopic (exact) mass is 429 g/mol. The van der Waals surface area contributed by atoms with Gasteiger partial charge in [-0.2, -0.15) is 4.31 Å². The third-order valence-electron chi connectivity index (χ3n) is 5.38. The Balaban J connectivity index is 1.54. The number of rotatable bonds is 5. The number of benzene rings is 2. The highest BCUT2D eigenvalue weighted by Crippen LogP contribution is 2.28. The normalized spacial score (nSPS) is 15.7. The molecule has 0 saturated heterocycles. The fourth-order valence-corrected chi connectivity index (χ4v) is 6.02. The first kappa shape index (κ1) is 20.0. The fourth-order valence-electron chi connectivity index (χ4n) is 3.70. The zero-order valence-electron chi connectivity index (χ0n) is 16.2. The molecule has 2 aromatic carbocycles.